The fraction of sp³-hybridized carbons (Fsp3) is 0.423. The third-order valence-corrected chi connectivity index (χ3v) is 34.9. The van der Waals surface area contributed by atoms with Crippen molar-refractivity contribution in [3.05, 3.63) is 233 Å². The summed E-state index contributed by atoms with van der Waals surface area (Å²) in [6.45, 7) is 18.2. The van der Waals surface area contributed by atoms with Crippen LogP contribution in [0.5, 0.6) is 34.5 Å². The van der Waals surface area contributed by atoms with Crippen LogP contribution >= 0.6 is 23.2 Å². The van der Waals surface area contributed by atoms with Gasteiger partial charge in [0.25, 0.3) is 43.2 Å². The lowest BCUT2D eigenvalue weighted by atomic mass is 9.72. The molecule has 702 valence electrons. The molecule has 10 aromatic rings. The third-order valence-electron chi connectivity index (χ3n) is 26.7. The van der Waals surface area contributed by atoms with Crippen molar-refractivity contribution >= 4 is 130 Å². The van der Waals surface area contributed by atoms with E-state index in [1.54, 1.807) is 48.8 Å². The minimum absolute atomic E-state index is 0.0612. The van der Waals surface area contributed by atoms with Crippen LogP contribution in [-0.2, 0) is 52.3 Å². The molecule has 0 bridgehead atoms. The van der Waals surface area contributed by atoms with Crippen LogP contribution in [0.2, 0.25) is 10.0 Å². The van der Waals surface area contributed by atoms with E-state index >= 15 is 0 Å². The second-order valence-electron chi connectivity index (χ2n) is 37.5. The van der Waals surface area contributed by atoms with Crippen LogP contribution < -0.4 is 38.2 Å². The van der Waals surface area contributed by atoms with Gasteiger partial charge in [-0.2, -0.15) is 0 Å². The summed E-state index contributed by atoms with van der Waals surface area (Å²) in [6, 6.07) is 38.0. The zero-order valence-corrected chi connectivity index (χ0v) is 79.7. The summed E-state index contributed by atoms with van der Waals surface area (Å²) in [5.41, 5.74) is 11.1. The van der Waals surface area contributed by atoms with Crippen LogP contribution in [0.1, 0.15) is 154 Å². The second kappa shape index (κ2) is 39.5. The highest BCUT2D eigenvalue weighted by molar-refractivity contribution is 7.94. The number of nitrogens with zero attached hydrogens (tertiary/aromatic N) is 10. The minimum atomic E-state index is -4.66. The Morgan fingerprint density at radius 3 is 1.32 bits per heavy atom. The van der Waals surface area contributed by atoms with Crippen LogP contribution in [0.15, 0.2) is 188 Å². The van der Waals surface area contributed by atoms with Crippen LogP contribution in [0, 0.1) is 42.9 Å². The Labute approximate surface area is 785 Å². The number of nitrogens with one attached hydrogen (secondary N) is 4. The van der Waals surface area contributed by atoms with Crippen molar-refractivity contribution in [3.63, 3.8) is 0 Å². The molecule has 18 rings (SSSR count). The smallest absolute Gasteiger partial charge is 0.277 e. The molecule has 133 heavy (non-hydrogen) atoms. The van der Waals surface area contributed by atoms with Crippen molar-refractivity contribution in [3.8, 4) is 34.5 Å². The maximum atomic E-state index is 14.1. The van der Waals surface area contributed by atoms with Gasteiger partial charge in [0.1, 0.15) is 45.8 Å². The molecule has 10 heterocycles. The lowest BCUT2D eigenvalue weighted by Gasteiger charge is -2.39. The van der Waals surface area contributed by atoms with Crippen molar-refractivity contribution in [2.45, 2.75) is 134 Å². The van der Waals surface area contributed by atoms with Gasteiger partial charge in [0.2, 0.25) is 0 Å². The number of nitro groups is 2. The third kappa shape index (κ3) is 22.5. The molecule has 6 aromatic carbocycles. The topological polar surface area (TPSA) is 379 Å². The van der Waals surface area contributed by atoms with Crippen LogP contribution in [-0.4, -0.2) is 191 Å². The lowest BCUT2D eigenvalue weighted by Crippen LogP contribution is -2.47. The first kappa shape index (κ1) is 93.8. The molecular formula is C97H110Cl2N14O16S4. The average molecular weight is 1930 g/mol. The molecule has 0 saturated carbocycles. The summed E-state index contributed by atoms with van der Waals surface area (Å²) in [5.74, 6) is 1.18. The Hall–Kier alpha value is -11.0. The molecule has 4 N–H and O–H groups in total. The zero-order chi connectivity index (χ0) is 93.1. The number of allylic oxidation sites excluding steroid dienone is 2. The number of carbonyl (C=O) groups is 2. The van der Waals surface area contributed by atoms with Crippen LogP contribution in [0.4, 0.5) is 22.7 Å². The maximum Gasteiger partial charge on any atom is 0.277 e. The Morgan fingerprint density at radius 2 is 0.925 bits per heavy atom. The SMILES string of the molecule is CC1(C)CCC(CN2CCN(c3ccc(C(=O)NS(=O)(=O)c4cc5c(c([N+](=O)[O-])c4)C[C@H](CCN=S4(=O)CCCC4)CO5)c(Oc4cnc5[nH]ccc5c4)c3)CC2)=C(c2ccc(Cl)cc2)C1.CC1(C)CCC(CN2CCN(c3ccc(C(=O)NS(=O)(=O)c4cc5c(c([N+](=O)[O-])c4)C[C@H](CCN=S4(=O)CCCCC4)CO5)c(Oc4cnc5[nH]ccc5c4)c3)CC2)=C(c2ccc(Cl)cc2)C1. The lowest BCUT2D eigenvalue weighted by molar-refractivity contribution is -0.386. The molecule has 6 aliphatic heterocycles. The van der Waals surface area contributed by atoms with Crippen LogP contribution in [0.25, 0.3) is 33.2 Å². The number of aromatic nitrogens is 4. The van der Waals surface area contributed by atoms with E-state index in [9.17, 15) is 55.1 Å². The van der Waals surface area contributed by atoms with Gasteiger partial charge in [-0.15, -0.1) is 0 Å². The van der Waals surface area contributed by atoms with E-state index in [-0.39, 0.29) is 94.0 Å². The number of fused-ring (bicyclic) bond motifs is 4. The summed E-state index contributed by atoms with van der Waals surface area (Å²) < 4.78 is 119. The van der Waals surface area contributed by atoms with E-state index < -0.39 is 82.3 Å². The predicted octanol–water partition coefficient (Wildman–Crippen LogP) is 18.4. The number of nitro benzene ring substituents is 2. The van der Waals surface area contributed by atoms with Gasteiger partial charge in [-0.05, 0) is 208 Å². The number of halogens is 2. The number of ether oxygens (including phenoxy) is 4. The molecule has 30 nitrogen and oxygen atoms in total. The Balaban J connectivity index is 0.000000185. The van der Waals surface area contributed by atoms with E-state index in [0.717, 1.165) is 154 Å². The van der Waals surface area contributed by atoms with Gasteiger partial charge < -0.3 is 38.7 Å². The van der Waals surface area contributed by atoms with Gasteiger partial charge in [0, 0.05) is 202 Å². The number of carbonyl (C=O) groups excluding carboxylic acids is 2. The number of piperazine rings is 2. The number of rotatable bonds is 26. The highest BCUT2D eigenvalue weighted by atomic mass is 35.5. The Morgan fingerprint density at radius 1 is 0.534 bits per heavy atom. The van der Waals surface area contributed by atoms with E-state index in [2.05, 4.69) is 110 Å². The molecule has 4 fully saturated rings. The van der Waals surface area contributed by atoms with E-state index in [0.29, 0.717) is 97.9 Å². The molecule has 2 atom stereocenters. The molecule has 2 aliphatic carbocycles. The summed E-state index contributed by atoms with van der Waals surface area (Å²) in [5, 5.41) is 27.8. The quantitative estimate of drug-likeness (QED) is 0.0289. The average Bonchev–Trinajstić information content (AvgIpc) is 1.65. The monoisotopic (exact) mass is 1920 g/mol. The first-order valence-electron chi connectivity index (χ1n) is 45.5. The summed E-state index contributed by atoms with van der Waals surface area (Å²) in [7, 11) is -13.7. The maximum absolute atomic E-state index is 14.1. The molecule has 4 saturated heterocycles. The highest BCUT2D eigenvalue weighted by Gasteiger charge is 2.38. The summed E-state index contributed by atoms with van der Waals surface area (Å²) >= 11 is 12.5. The molecule has 0 radical (unpaired) electrons. The Kier molecular flexibility index (Phi) is 27.9. The van der Waals surface area contributed by atoms with Gasteiger partial charge >= 0.3 is 0 Å². The minimum Gasteiger partial charge on any atom is -0.493 e. The number of anilines is 2. The summed E-state index contributed by atoms with van der Waals surface area (Å²) in [4.78, 5) is 75.0. The molecule has 36 heteroatoms. The van der Waals surface area contributed by atoms with Crippen molar-refractivity contribution < 1.29 is 63.6 Å². The van der Waals surface area contributed by atoms with Crippen molar-refractivity contribution in [1.29, 1.82) is 0 Å². The molecule has 8 aliphatic rings. The van der Waals surface area contributed by atoms with Gasteiger partial charge in [0.15, 0.2) is 0 Å². The second-order valence-corrected chi connectivity index (χ2v) is 47.0. The first-order chi connectivity index (χ1) is 63.7. The standard InChI is InChI=1S/C49H56ClN7O8S2.C48H54ClN7O8S2/c1-49(2)15-12-36(43(29-49)34-6-8-37(50)9-7-34)31-55-18-20-56(21-19-55)38-10-11-41(46(26-38)65-39-25-35-14-16-51-47(35)52-30-39)48(58)54-67(62,63)40-27-44(57(59)60)42-24-33(32-64-45(42)28-40)13-17-53-66(61)22-4-3-5-23-66;1-48(2)14-11-35(42(28-48)33-5-7-36(49)8-6-33)30-54-17-19-55(20-18-54)37-9-10-40(45(25-37)64-38-24-34-13-15-50-46(34)51-29-38)47(57)53-66(61,62)39-26-43(56(58)59)41-23-32(31-63-44(41)27-39)12-16-52-65(60)21-3-4-22-65/h6-11,14,16,25-28,30,33H,3-5,12-13,15,17-24,29,31-32H2,1-2H3,(H,51,52)(H,54,58);5-10,13,15,24-27,29,32H,3-4,11-12,14,16-23,28,30-31H2,1-2H3,(H,50,51)(H,53,57)/t33-;32-/m00/s1. The fourth-order valence-electron chi connectivity index (χ4n) is 19.2. The predicted molar refractivity (Wildman–Crippen MR) is 518 cm³/mol. The molecular weight excluding hydrogens is 1820 g/mol. The van der Waals surface area contributed by atoms with Gasteiger partial charge in [-0.3, -0.25) is 39.6 Å². The van der Waals surface area contributed by atoms with Gasteiger partial charge in [0.05, 0.1) is 67.5 Å². The van der Waals surface area contributed by atoms with Crippen molar-refractivity contribution in [2.75, 3.05) is 125 Å². The summed E-state index contributed by atoms with van der Waals surface area (Å²) in [6.07, 6.45) is 19.1. The number of pyridine rings is 2. The molecule has 4 aromatic heterocycles. The fourth-order valence-corrected chi connectivity index (χ4v) is 25.9. The van der Waals surface area contributed by atoms with Gasteiger partial charge in [-0.25, -0.2) is 53.4 Å². The number of hydrogen-bond donors (Lipinski definition) is 4. The molecule has 2 amide bonds. The number of hydrogen-bond acceptors (Lipinski definition) is 24. The number of amides is 2. The number of sulfonamides is 2. The molecule has 0 spiro atoms. The van der Waals surface area contributed by atoms with E-state index in [1.807, 2.05) is 36.4 Å². The molecule has 0 unspecified atom stereocenters. The van der Waals surface area contributed by atoms with E-state index in [1.165, 1.54) is 70.1 Å². The number of benzene rings is 6. The first-order valence-corrected chi connectivity index (χ1v) is 52.9. The van der Waals surface area contributed by atoms with Gasteiger partial charge in [-0.1, -0.05) is 92.7 Å². The van der Waals surface area contributed by atoms with Crippen LogP contribution in [0.3, 0.4) is 0 Å². The largest absolute Gasteiger partial charge is 0.493 e. The normalized spacial score (nSPS) is 19.6. The Bertz CT molecular complexity index is 6700. The van der Waals surface area contributed by atoms with E-state index in [4.69, 9.17) is 42.1 Å². The van der Waals surface area contributed by atoms with Crippen molar-refractivity contribution in [1.82, 2.24) is 39.2 Å². The van der Waals surface area contributed by atoms with Crippen molar-refractivity contribution in [2.24, 2.45) is 31.4 Å². The number of aromatic amines is 2. The zero-order valence-electron chi connectivity index (χ0n) is 74.9. The highest BCUT2D eigenvalue weighted by Crippen LogP contribution is 2.48. The number of H-pyrrole nitrogens is 2.